The number of halogens is 1. The number of benzene rings is 2. The predicted molar refractivity (Wildman–Crippen MR) is 105 cm³/mol. The van der Waals surface area contributed by atoms with E-state index in [-0.39, 0.29) is 0 Å². The lowest BCUT2D eigenvalue weighted by Crippen LogP contribution is -1.95. The Bertz CT molecular complexity index is 1010. The predicted octanol–water partition coefficient (Wildman–Crippen LogP) is 5.78. The third kappa shape index (κ3) is 3.54. The zero-order valence-corrected chi connectivity index (χ0v) is 15.7. The molecule has 0 bridgehead atoms. The number of thioether (sulfide) groups is 1. The summed E-state index contributed by atoms with van der Waals surface area (Å²) in [6, 6.07) is 17.6. The van der Waals surface area contributed by atoms with E-state index in [1.165, 1.54) is 0 Å². The number of hydrogen-bond acceptors (Lipinski definition) is 4. The topological polar surface area (TPSA) is 43.9 Å². The molecule has 2 aromatic carbocycles. The van der Waals surface area contributed by atoms with Gasteiger partial charge in [0.2, 0.25) is 5.89 Å². The van der Waals surface area contributed by atoms with Crippen molar-refractivity contribution in [2.24, 2.45) is 0 Å². The molecule has 0 atom stereocenters. The summed E-state index contributed by atoms with van der Waals surface area (Å²) in [4.78, 5) is 9.11. The summed E-state index contributed by atoms with van der Waals surface area (Å²) in [5.41, 5.74) is 2.94. The van der Waals surface area contributed by atoms with Gasteiger partial charge in [-0.3, -0.25) is 4.57 Å². The molecule has 26 heavy (non-hydrogen) atoms. The molecule has 0 N–H and O–H groups in total. The molecule has 0 saturated heterocycles. The molecule has 4 aromatic rings. The van der Waals surface area contributed by atoms with E-state index in [9.17, 15) is 0 Å². The smallest absolute Gasteiger partial charge is 0.226 e. The maximum Gasteiger partial charge on any atom is 0.226 e. The maximum absolute atomic E-state index is 5.98. The molecule has 4 rings (SSSR count). The van der Waals surface area contributed by atoms with Crippen LogP contribution in [-0.4, -0.2) is 14.5 Å². The number of aryl methyl sites for hydroxylation is 1. The number of oxazole rings is 1. The van der Waals surface area contributed by atoms with Crippen LogP contribution in [0.5, 0.6) is 0 Å². The van der Waals surface area contributed by atoms with Crippen LogP contribution in [0.25, 0.3) is 17.1 Å². The Morgan fingerprint density at radius 1 is 1.08 bits per heavy atom. The third-order valence-corrected chi connectivity index (χ3v) is 5.19. The van der Waals surface area contributed by atoms with Crippen LogP contribution in [0, 0.1) is 6.92 Å². The summed E-state index contributed by atoms with van der Waals surface area (Å²) in [5, 5.41) is 1.62. The van der Waals surface area contributed by atoms with Crippen molar-refractivity contribution in [1.29, 1.82) is 0 Å². The lowest BCUT2D eigenvalue weighted by atomic mass is 10.2. The lowest BCUT2D eigenvalue weighted by Gasteiger charge is -2.07. The van der Waals surface area contributed by atoms with Crippen molar-refractivity contribution in [3.8, 4) is 17.1 Å². The number of aromatic nitrogens is 3. The molecular formula is C20H16ClN3OS. The van der Waals surface area contributed by atoms with Crippen LogP contribution in [-0.2, 0) is 5.75 Å². The average Bonchev–Trinajstić information content (AvgIpc) is 3.28. The van der Waals surface area contributed by atoms with Crippen LogP contribution in [0.1, 0.15) is 11.5 Å². The highest BCUT2D eigenvalue weighted by Crippen LogP contribution is 2.28. The van der Waals surface area contributed by atoms with Crippen molar-refractivity contribution >= 4 is 23.4 Å². The molecule has 0 fully saturated rings. The molecular weight excluding hydrogens is 366 g/mol. The highest BCUT2D eigenvalue weighted by atomic mass is 35.5. The number of hydrogen-bond donors (Lipinski definition) is 0. The van der Waals surface area contributed by atoms with Crippen molar-refractivity contribution in [3.63, 3.8) is 0 Å². The van der Waals surface area contributed by atoms with Gasteiger partial charge in [-0.25, -0.2) is 9.97 Å². The van der Waals surface area contributed by atoms with E-state index >= 15 is 0 Å². The molecule has 0 aliphatic heterocycles. The highest BCUT2D eigenvalue weighted by Gasteiger charge is 2.13. The number of rotatable bonds is 5. The van der Waals surface area contributed by atoms with E-state index in [1.54, 1.807) is 18.0 Å². The highest BCUT2D eigenvalue weighted by molar-refractivity contribution is 7.98. The van der Waals surface area contributed by atoms with Gasteiger partial charge in [-0.2, -0.15) is 0 Å². The molecule has 0 aliphatic rings. The molecule has 0 amide bonds. The average molecular weight is 382 g/mol. The Labute approximate surface area is 160 Å². The van der Waals surface area contributed by atoms with Crippen molar-refractivity contribution in [2.45, 2.75) is 17.8 Å². The summed E-state index contributed by atoms with van der Waals surface area (Å²) >= 11 is 7.60. The molecule has 2 heterocycles. The minimum Gasteiger partial charge on any atom is -0.441 e. The molecule has 2 aromatic heterocycles. The van der Waals surface area contributed by atoms with Gasteiger partial charge in [-0.05, 0) is 43.3 Å². The first-order valence-corrected chi connectivity index (χ1v) is 9.51. The first kappa shape index (κ1) is 16.9. The van der Waals surface area contributed by atoms with Gasteiger partial charge in [0.1, 0.15) is 5.76 Å². The van der Waals surface area contributed by atoms with E-state index in [4.69, 9.17) is 16.0 Å². The van der Waals surface area contributed by atoms with Crippen molar-refractivity contribution in [3.05, 3.63) is 83.5 Å². The van der Waals surface area contributed by atoms with Crippen LogP contribution >= 0.6 is 23.4 Å². The normalized spacial score (nSPS) is 11.0. The minimum atomic E-state index is 0.653. The maximum atomic E-state index is 5.98. The first-order valence-electron chi connectivity index (χ1n) is 8.14. The molecule has 0 spiro atoms. The zero-order valence-electron chi connectivity index (χ0n) is 14.1. The fourth-order valence-corrected chi connectivity index (χ4v) is 3.69. The van der Waals surface area contributed by atoms with E-state index in [0.717, 1.165) is 32.9 Å². The fourth-order valence-electron chi connectivity index (χ4n) is 2.59. The first-order chi connectivity index (χ1) is 12.7. The van der Waals surface area contributed by atoms with E-state index in [2.05, 4.69) is 9.97 Å². The third-order valence-electron chi connectivity index (χ3n) is 3.96. The SMILES string of the molecule is Cc1oc(-c2ccccc2)nc1CSc1nccn1-c1ccc(Cl)cc1. The molecule has 0 saturated carbocycles. The Kier molecular flexibility index (Phi) is 4.82. The van der Waals surface area contributed by atoms with Gasteiger partial charge in [-0.15, -0.1) is 0 Å². The fraction of sp³-hybridized carbons (Fsp3) is 0.100. The van der Waals surface area contributed by atoms with Crippen molar-refractivity contribution in [2.75, 3.05) is 0 Å². The van der Waals surface area contributed by atoms with Gasteiger partial charge in [0, 0.05) is 34.4 Å². The summed E-state index contributed by atoms with van der Waals surface area (Å²) in [7, 11) is 0. The molecule has 130 valence electrons. The Hall–Kier alpha value is -2.50. The van der Waals surface area contributed by atoms with Gasteiger partial charge in [0.25, 0.3) is 0 Å². The van der Waals surface area contributed by atoms with E-state index < -0.39 is 0 Å². The Morgan fingerprint density at radius 2 is 1.85 bits per heavy atom. The van der Waals surface area contributed by atoms with Crippen LogP contribution in [0.2, 0.25) is 5.02 Å². The monoisotopic (exact) mass is 381 g/mol. The van der Waals surface area contributed by atoms with Gasteiger partial charge < -0.3 is 4.42 Å². The Morgan fingerprint density at radius 3 is 2.62 bits per heavy atom. The van der Waals surface area contributed by atoms with Gasteiger partial charge in [-0.1, -0.05) is 41.6 Å². The van der Waals surface area contributed by atoms with Crippen molar-refractivity contribution < 1.29 is 4.42 Å². The molecule has 0 unspecified atom stereocenters. The van der Waals surface area contributed by atoms with E-state index in [1.807, 2.05) is 72.3 Å². The Balaban J connectivity index is 1.53. The second-order valence-electron chi connectivity index (χ2n) is 5.73. The van der Waals surface area contributed by atoms with Crippen LogP contribution in [0.15, 0.2) is 76.6 Å². The van der Waals surface area contributed by atoms with Gasteiger partial charge in [0.05, 0.1) is 5.69 Å². The molecule has 4 nitrogen and oxygen atoms in total. The largest absolute Gasteiger partial charge is 0.441 e. The van der Waals surface area contributed by atoms with Crippen molar-refractivity contribution in [1.82, 2.24) is 14.5 Å². The summed E-state index contributed by atoms with van der Waals surface area (Å²) in [5.74, 6) is 2.17. The quantitative estimate of drug-likeness (QED) is 0.411. The summed E-state index contributed by atoms with van der Waals surface area (Å²) in [6.45, 7) is 1.95. The number of nitrogens with zero attached hydrogens (tertiary/aromatic N) is 3. The summed E-state index contributed by atoms with van der Waals surface area (Å²) < 4.78 is 7.87. The zero-order chi connectivity index (χ0) is 17.9. The molecule has 0 radical (unpaired) electrons. The van der Waals surface area contributed by atoms with E-state index in [0.29, 0.717) is 11.6 Å². The van der Waals surface area contributed by atoms with Gasteiger partial charge in [0.15, 0.2) is 5.16 Å². The molecule has 0 aliphatic carbocycles. The van der Waals surface area contributed by atoms with Crippen LogP contribution in [0.4, 0.5) is 0 Å². The molecule has 6 heteroatoms. The minimum absolute atomic E-state index is 0.653. The van der Waals surface area contributed by atoms with Crippen LogP contribution in [0.3, 0.4) is 0 Å². The lowest BCUT2D eigenvalue weighted by molar-refractivity contribution is 0.540. The van der Waals surface area contributed by atoms with Crippen LogP contribution < -0.4 is 0 Å². The standard InChI is InChI=1S/C20H16ClN3OS/c1-14-18(23-19(25-14)15-5-3-2-4-6-15)13-26-20-22-11-12-24(20)17-9-7-16(21)8-10-17/h2-12H,13H2,1H3. The number of imidazole rings is 1. The van der Waals surface area contributed by atoms with Gasteiger partial charge >= 0.3 is 0 Å². The second-order valence-corrected chi connectivity index (χ2v) is 7.11. The second kappa shape index (κ2) is 7.40. The summed E-state index contributed by atoms with van der Waals surface area (Å²) in [6.07, 6.45) is 3.73.